The lowest BCUT2D eigenvalue weighted by Gasteiger charge is -2.07. The molecule has 2 aromatic rings. The van der Waals surface area contributed by atoms with E-state index in [0.29, 0.717) is 0 Å². The van der Waals surface area contributed by atoms with E-state index in [1.165, 1.54) is 36.8 Å². The number of hydrogen-bond acceptors (Lipinski definition) is 0. The van der Waals surface area contributed by atoms with E-state index in [0.717, 1.165) is 0 Å². The first kappa shape index (κ1) is 15.8. The molecule has 108 valence electrons. The molecule has 0 aliphatic heterocycles. The number of halogens is 1. The minimum Gasteiger partial charge on any atom is -0.0877 e. The Bertz CT molecular complexity index is 828. The highest BCUT2D eigenvalue weighted by atomic mass is 79.9. The molecule has 0 aliphatic carbocycles. The van der Waals surface area contributed by atoms with E-state index in [1.807, 2.05) is 13.0 Å². The molecule has 0 nitrogen and oxygen atoms in total. The van der Waals surface area contributed by atoms with E-state index < -0.39 is 0 Å². The molecule has 2 aromatic carbocycles. The second-order valence-corrected chi connectivity index (χ2v) is 6.54. The fraction of sp³-hybridized carbons (Fsp3) is 0.200. The zero-order valence-corrected chi connectivity index (χ0v) is 14.7. The molecule has 0 radical (unpaired) electrons. The van der Waals surface area contributed by atoms with Crippen molar-refractivity contribution in [3.8, 4) is 0 Å². The van der Waals surface area contributed by atoms with Crippen LogP contribution in [-0.2, 0) is 0 Å². The summed E-state index contributed by atoms with van der Waals surface area (Å²) in [6.45, 7) is 8.51. The summed E-state index contributed by atoms with van der Waals surface area (Å²) in [5.41, 5.74) is 2.59. The van der Waals surface area contributed by atoms with Crippen LogP contribution in [0.5, 0.6) is 0 Å². The quantitative estimate of drug-likeness (QED) is 0.663. The Balaban J connectivity index is 3.05. The molecule has 0 aliphatic rings. The molecule has 0 amide bonds. The zero-order chi connectivity index (χ0) is 15.4. The second-order valence-electron chi connectivity index (χ2n) is 5.36. The number of allylic oxidation sites excluding steroid dienone is 3. The molecule has 0 saturated heterocycles. The van der Waals surface area contributed by atoms with Crippen molar-refractivity contribution < 1.29 is 0 Å². The Kier molecular flexibility index (Phi) is 5.19. The first-order valence-corrected chi connectivity index (χ1v) is 8.00. The van der Waals surface area contributed by atoms with Crippen LogP contribution < -0.4 is 10.4 Å². The molecule has 0 atom stereocenters. The van der Waals surface area contributed by atoms with Gasteiger partial charge in [-0.25, -0.2) is 0 Å². The summed E-state index contributed by atoms with van der Waals surface area (Å²) >= 11 is 3.70. The van der Waals surface area contributed by atoms with Gasteiger partial charge in [-0.2, -0.15) is 0 Å². The summed E-state index contributed by atoms with van der Waals surface area (Å²) in [4.78, 5) is 0. The van der Waals surface area contributed by atoms with E-state index in [1.54, 1.807) is 0 Å². The van der Waals surface area contributed by atoms with Crippen molar-refractivity contribution in [3.05, 3.63) is 64.6 Å². The SMILES string of the molecule is C/C=C\C=C/c1cc2ccccc2/c(=C(/C)Br)c1=C(C)C. The van der Waals surface area contributed by atoms with Crippen molar-refractivity contribution in [1.29, 1.82) is 0 Å². The van der Waals surface area contributed by atoms with Crippen molar-refractivity contribution in [2.75, 3.05) is 0 Å². The maximum absolute atomic E-state index is 3.70. The predicted octanol–water partition coefficient (Wildman–Crippen LogP) is 5.14. The molecule has 0 saturated carbocycles. The summed E-state index contributed by atoms with van der Waals surface area (Å²) in [5, 5.41) is 5.19. The highest BCUT2D eigenvalue weighted by Crippen LogP contribution is 2.14. The van der Waals surface area contributed by atoms with Crippen LogP contribution in [0.15, 0.2) is 48.6 Å². The van der Waals surface area contributed by atoms with E-state index in [4.69, 9.17) is 0 Å². The van der Waals surface area contributed by atoms with Gasteiger partial charge in [-0.05, 0) is 60.5 Å². The van der Waals surface area contributed by atoms with Gasteiger partial charge in [-0.1, -0.05) is 70.1 Å². The van der Waals surface area contributed by atoms with Crippen LogP contribution in [-0.4, -0.2) is 0 Å². The van der Waals surface area contributed by atoms with Crippen LogP contribution >= 0.6 is 15.9 Å². The van der Waals surface area contributed by atoms with Crippen molar-refractivity contribution in [1.82, 2.24) is 0 Å². The lowest BCUT2D eigenvalue weighted by atomic mass is 9.98. The Morgan fingerprint density at radius 2 is 1.71 bits per heavy atom. The summed E-state index contributed by atoms with van der Waals surface area (Å²) in [6.07, 6.45) is 8.40. The number of rotatable bonds is 2. The standard InChI is InChI=1S/C20H21Br/c1-5-6-7-11-17-13-16-10-8-9-12-18(16)20(15(4)21)19(17)14(2)3/h5-13H,1-4H3/b6-5-,11-7-,20-15+. The molecular weight excluding hydrogens is 320 g/mol. The highest BCUT2D eigenvalue weighted by molar-refractivity contribution is 9.14. The zero-order valence-electron chi connectivity index (χ0n) is 13.1. The van der Waals surface area contributed by atoms with Gasteiger partial charge in [0.2, 0.25) is 0 Å². The highest BCUT2D eigenvalue weighted by Gasteiger charge is 2.04. The van der Waals surface area contributed by atoms with Crippen LogP contribution in [0, 0.1) is 0 Å². The Morgan fingerprint density at radius 3 is 2.33 bits per heavy atom. The monoisotopic (exact) mass is 340 g/mol. The summed E-state index contributed by atoms with van der Waals surface area (Å²) in [5.74, 6) is 0. The van der Waals surface area contributed by atoms with Gasteiger partial charge in [0.1, 0.15) is 0 Å². The average molecular weight is 341 g/mol. The van der Waals surface area contributed by atoms with Crippen LogP contribution in [0.25, 0.3) is 26.9 Å². The van der Waals surface area contributed by atoms with Crippen molar-refractivity contribution in [2.24, 2.45) is 0 Å². The maximum Gasteiger partial charge on any atom is 0.000442 e. The van der Waals surface area contributed by atoms with Gasteiger partial charge in [-0.15, -0.1) is 0 Å². The molecule has 0 N–H and O–H groups in total. The Labute approximate surface area is 135 Å². The molecule has 0 heterocycles. The van der Waals surface area contributed by atoms with E-state index in [2.05, 4.69) is 85.3 Å². The van der Waals surface area contributed by atoms with Crippen LogP contribution in [0.3, 0.4) is 0 Å². The van der Waals surface area contributed by atoms with Gasteiger partial charge < -0.3 is 0 Å². The third kappa shape index (κ3) is 3.36. The molecule has 0 aromatic heterocycles. The van der Waals surface area contributed by atoms with Gasteiger partial charge >= 0.3 is 0 Å². The van der Waals surface area contributed by atoms with Crippen molar-refractivity contribution in [2.45, 2.75) is 27.7 Å². The lowest BCUT2D eigenvalue weighted by molar-refractivity contribution is 1.44. The van der Waals surface area contributed by atoms with Crippen LogP contribution in [0.4, 0.5) is 0 Å². The molecule has 0 unspecified atom stereocenters. The first-order chi connectivity index (χ1) is 10.1. The largest absolute Gasteiger partial charge is 0.0877 e. The molecule has 1 heteroatoms. The van der Waals surface area contributed by atoms with Gasteiger partial charge in [0.15, 0.2) is 0 Å². The lowest BCUT2D eigenvalue weighted by Crippen LogP contribution is -2.30. The van der Waals surface area contributed by atoms with Crippen LogP contribution in [0.2, 0.25) is 0 Å². The molecule has 0 fully saturated rings. The van der Waals surface area contributed by atoms with Crippen LogP contribution in [0.1, 0.15) is 33.3 Å². The Morgan fingerprint density at radius 1 is 1.00 bits per heavy atom. The summed E-state index contributed by atoms with van der Waals surface area (Å²) < 4.78 is 1.18. The number of fused-ring (bicyclic) bond motifs is 1. The molecular formula is C20H21Br. The molecule has 2 rings (SSSR count). The van der Waals surface area contributed by atoms with Gasteiger partial charge in [-0.3, -0.25) is 0 Å². The van der Waals surface area contributed by atoms with Gasteiger partial charge in [0.25, 0.3) is 0 Å². The third-order valence-electron chi connectivity index (χ3n) is 3.50. The summed E-state index contributed by atoms with van der Waals surface area (Å²) in [7, 11) is 0. The number of benzene rings is 2. The topological polar surface area (TPSA) is 0 Å². The Hall–Kier alpha value is -1.60. The summed E-state index contributed by atoms with van der Waals surface area (Å²) in [6, 6.07) is 10.8. The minimum atomic E-state index is 1.18. The fourth-order valence-electron chi connectivity index (χ4n) is 2.67. The second kappa shape index (κ2) is 6.91. The van der Waals surface area contributed by atoms with E-state index >= 15 is 0 Å². The van der Waals surface area contributed by atoms with Gasteiger partial charge in [0, 0.05) is 4.48 Å². The fourth-order valence-corrected chi connectivity index (χ4v) is 3.08. The normalized spacial score (nSPS) is 13.4. The smallest absolute Gasteiger partial charge is 0.000442 e. The predicted molar refractivity (Wildman–Crippen MR) is 99.8 cm³/mol. The molecule has 0 spiro atoms. The minimum absolute atomic E-state index is 1.18. The third-order valence-corrected chi connectivity index (χ3v) is 3.90. The maximum atomic E-state index is 3.70. The van der Waals surface area contributed by atoms with Gasteiger partial charge in [0.05, 0.1) is 0 Å². The van der Waals surface area contributed by atoms with E-state index in [9.17, 15) is 0 Å². The van der Waals surface area contributed by atoms with Crippen molar-refractivity contribution in [3.63, 3.8) is 0 Å². The average Bonchev–Trinajstić information content (AvgIpc) is 2.45. The number of hydrogen-bond donors (Lipinski definition) is 0. The first-order valence-electron chi connectivity index (χ1n) is 7.21. The molecule has 0 bridgehead atoms. The van der Waals surface area contributed by atoms with Crippen molar-refractivity contribution >= 4 is 42.8 Å². The van der Waals surface area contributed by atoms with E-state index in [-0.39, 0.29) is 0 Å². The molecule has 21 heavy (non-hydrogen) atoms.